The van der Waals surface area contributed by atoms with E-state index in [2.05, 4.69) is 44.5 Å². The first kappa shape index (κ1) is 19.6. The first-order valence-corrected chi connectivity index (χ1v) is 8.17. The molecule has 0 amide bonds. The van der Waals surface area contributed by atoms with E-state index in [4.69, 9.17) is 10.5 Å². The summed E-state index contributed by atoms with van der Waals surface area (Å²) in [4.78, 5) is 11.1. The minimum absolute atomic E-state index is 0. The summed E-state index contributed by atoms with van der Waals surface area (Å²) in [5.41, 5.74) is 7.26. The second-order valence-corrected chi connectivity index (χ2v) is 5.64. The number of aromatic nitrogens is 1. The van der Waals surface area contributed by atoms with E-state index in [1.165, 1.54) is 5.56 Å². The van der Waals surface area contributed by atoms with Gasteiger partial charge >= 0.3 is 0 Å². The first-order valence-electron chi connectivity index (χ1n) is 8.17. The van der Waals surface area contributed by atoms with E-state index in [0.29, 0.717) is 18.3 Å². The van der Waals surface area contributed by atoms with Crippen molar-refractivity contribution in [3.05, 3.63) is 60.3 Å². The Morgan fingerprint density at radius 3 is 2.56 bits per heavy atom. The van der Waals surface area contributed by atoms with Gasteiger partial charge in [-0.2, -0.15) is 0 Å². The standard InChI is InChI=1S/C18H23N5O.HI/c19-18(22-17-8-4-5-9-20-17)21-14-16(15-6-2-1-3-7-15)23-10-12-24-13-11-23;/h1-9,16H,10-14H2,(H3,19,20,21,22);1H. The predicted octanol–water partition coefficient (Wildman–Crippen LogP) is 2.50. The summed E-state index contributed by atoms with van der Waals surface area (Å²) in [6.07, 6.45) is 1.72. The zero-order chi connectivity index (χ0) is 16.6. The molecule has 6 nitrogen and oxygen atoms in total. The van der Waals surface area contributed by atoms with Crippen LogP contribution in [0.3, 0.4) is 0 Å². The highest BCUT2D eigenvalue weighted by molar-refractivity contribution is 14.0. The molecule has 3 N–H and O–H groups in total. The molecule has 0 aliphatic carbocycles. The van der Waals surface area contributed by atoms with E-state index in [1.54, 1.807) is 6.20 Å². The number of nitrogens with zero attached hydrogens (tertiary/aromatic N) is 3. The topological polar surface area (TPSA) is 75.8 Å². The van der Waals surface area contributed by atoms with Gasteiger partial charge in [0.05, 0.1) is 25.8 Å². The first-order chi connectivity index (χ1) is 11.8. The molecule has 1 aliphatic rings. The van der Waals surface area contributed by atoms with Crippen molar-refractivity contribution in [2.24, 2.45) is 10.7 Å². The van der Waals surface area contributed by atoms with Crippen LogP contribution in [0.5, 0.6) is 0 Å². The third-order valence-electron chi connectivity index (χ3n) is 4.03. The third kappa shape index (κ3) is 5.94. The molecule has 1 unspecified atom stereocenters. The zero-order valence-corrected chi connectivity index (χ0v) is 16.4. The van der Waals surface area contributed by atoms with Crippen LogP contribution < -0.4 is 11.1 Å². The fraction of sp³-hybridized carbons (Fsp3) is 0.333. The van der Waals surface area contributed by atoms with Gasteiger partial charge in [-0.25, -0.2) is 4.98 Å². The Kier molecular flexibility index (Phi) is 8.10. The number of anilines is 1. The fourth-order valence-electron chi connectivity index (χ4n) is 2.79. The van der Waals surface area contributed by atoms with Gasteiger partial charge in [-0.15, -0.1) is 24.0 Å². The normalized spacial score (nSPS) is 16.7. The summed E-state index contributed by atoms with van der Waals surface area (Å²) in [6, 6.07) is 16.2. The van der Waals surface area contributed by atoms with E-state index >= 15 is 0 Å². The van der Waals surface area contributed by atoms with Crippen LogP contribution in [0.2, 0.25) is 0 Å². The summed E-state index contributed by atoms with van der Waals surface area (Å²) in [5.74, 6) is 1.07. The number of halogens is 1. The number of rotatable bonds is 5. The van der Waals surface area contributed by atoms with Gasteiger partial charge in [0.2, 0.25) is 0 Å². The van der Waals surface area contributed by atoms with Crippen LogP contribution in [0, 0.1) is 0 Å². The van der Waals surface area contributed by atoms with Gasteiger partial charge in [0.1, 0.15) is 5.82 Å². The van der Waals surface area contributed by atoms with Crippen molar-refractivity contribution in [3.8, 4) is 0 Å². The minimum atomic E-state index is 0. The molecule has 1 fully saturated rings. The number of pyridine rings is 1. The molecule has 2 heterocycles. The summed E-state index contributed by atoms with van der Waals surface area (Å²) in [5, 5.41) is 3.03. The smallest absolute Gasteiger partial charge is 0.194 e. The number of benzene rings is 1. The Labute approximate surface area is 165 Å². The van der Waals surface area contributed by atoms with Crippen LogP contribution in [0.4, 0.5) is 5.82 Å². The largest absolute Gasteiger partial charge is 0.379 e. The third-order valence-corrected chi connectivity index (χ3v) is 4.03. The Bertz CT molecular complexity index is 647. The minimum Gasteiger partial charge on any atom is -0.379 e. The second kappa shape index (κ2) is 10.3. The molecule has 134 valence electrons. The van der Waals surface area contributed by atoms with Crippen LogP contribution in [-0.4, -0.2) is 48.7 Å². The number of ether oxygens (including phenoxy) is 1. The summed E-state index contributed by atoms with van der Waals surface area (Å²) < 4.78 is 5.47. The van der Waals surface area contributed by atoms with Gasteiger partial charge in [0.25, 0.3) is 0 Å². The monoisotopic (exact) mass is 453 g/mol. The highest BCUT2D eigenvalue weighted by atomic mass is 127. The quantitative estimate of drug-likeness (QED) is 0.414. The molecule has 1 aromatic carbocycles. The van der Waals surface area contributed by atoms with Crippen LogP contribution >= 0.6 is 24.0 Å². The molecule has 1 atom stereocenters. The van der Waals surface area contributed by atoms with Crippen molar-refractivity contribution in [3.63, 3.8) is 0 Å². The lowest BCUT2D eigenvalue weighted by atomic mass is 10.1. The Morgan fingerprint density at radius 2 is 1.88 bits per heavy atom. The molecule has 1 saturated heterocycles. The summed E-state index contributed by atoms with van der Waals surface area (Å²) in [6.45, 7) is 3.92. The van der Waals surface area contributed by atoms with Crippen molar-refractivity contribution in [1.29, 1.82) is 0 Å². The lowest BCUT2D eigenvalue weighted by Gasteiger charge is -2.34. The molecule has 7 heteroatoms. The average molecular weight is 453 g/mol. The Hall–Kier alpha value is -1.71. The number of guanidine groups is 1. The fourth-order valence-corrected chi connectivity index (χ4v) is 2.79. The Balaban J connectivity index is 0.00000225. The van der Waals surface area contributed by atoms with Crippen molar-refractivity contribution in [2.75, 3.05) is 38.2 Å². The van der Waals surface area contributed by atoms with Gasteiger partial charge in [0.15, 0.2) is 5.96 Å². The summed E-state index contributed by atoms with van der Waals surface area (Å²) in [7, 11) is 0. The van der Waals surface area contributed by atoms with E-state index in [9.17, 15) is 0 Å². The van der Waals surface area contributed by atoms with Gasteiger partial charge in [-0.3, -0.25) is 9.89 Å². The molecule has 25 heavy (non-hydrogen) atoms. The van der Waals surface area contributed by atoms with Gasteiger partial charge in [-0.05, 0) is 17.7 Å². The predicted molar refractivity (Wildman–Crippen MR) is 111 cm³/mol. The van der Waals surface area contributed by atoms with Gasteiger partial charge in [0, 0.05) is 19.3 Å². The molecular weight excluding hydrogens is 429 g/mol. The average Bonchev–Trinajstić information content (AvgIpc) is 2.64. The molecule has 0 bridgehead atoms. The summed E-state index contributed by atoms with van der Waals surface area (Å²) >= 11 is 0. The number of hydrogen-bond donors (Lipinski definition) is 2. The van der Waals surface area contributed by atoms with E-state index in [1.807, 2.05) is 24.3 Å². The highest BCUT2D eigenvalue weighted by Crippen LogP contribution is 2.22. The molecule has 0 saturated carbocycles. The van der Waals surface area contributed by atoms with E-state index < -0.39 is 0 Å². The SMILES string of the molecule is I.NC(=NCC(c1ccccc1)N1CCOCC1)Nc1ccccn1. The van der Waals surface area contributed by atoms with Crippen molar-refractivity contribution >= 4 is 35.8 Å². The lowest BCUT2D eigenvalue weighted by molar-refractivity contribution is 0.0180. The molecule has 0 radical (unpaired) electrons. The number of nitrogens with one attached hydrogen (secondary N) is 1. The zero-order valence-electron chi connectivity index (χ0n) is 14.0. The maximum Gasteiger partial charge on any atom is 0.194 e. The van der Waals surface area contributed by atoms with Crippen LogP contribution in [0.1, 0.15) is 11.6 Å². The van der Waals surface area contributed by atoms with E-state index in [-0.39, 0.29) is 30.0 Å². The van der Waals surface area contributed by atoms with Crippen molar-refractivity contribution < 1.29 is 4.74 Å². The van der Waals surface area contributed by atoms with Crippen molar-refractivity contribution in [1.82, 2.24) is 9.88 Å². The molecule has 2 aromatic rings. The van der Waals surface area contributed by atoms with Crippen LogP contribution in [0.15, 0.2) is 59.7 Å². The molecule has 1 aromatic heterocycles. The van der Waals surface area contributed by atoms with Crippen LogP contribution in [-0.2, 0) is 4.74 Å². The number of aliphatic imine (C=N–C) groups is 1. The van der Waals surface area contributed by atoms with Crippen LogP contribution in [0.25, 0.3) is 0 Å². The Morgan fingerprint density at radius 1 is 1.16 bits per heavy atom. The molecule has 1 aliphatic heterocycles. The van der Waals surface area contributed by atoms with Gasteiger partial charge < -0.3 is 15.8 Å². The molecule has 3 rings (SSSR count). The maximum atomic E-state index is 6.02. The second-order valence-electron chi connectivity index (χ2n) is 5.64. The number of morpholine rings is 1. The highest BCUT2D eigenvalue weighted by Gasteiger charge is 2.22. The maximum absolute atomic E-state index is 6.02. The number of nitrogens with two attached hydrogens (primary N) is 1. The lowest BCUT2D eigenvalue weighted by Crippen LogP contribution is -2.40. The van der Waals surface area contributed by atoms with Crippen molar-refractivity contribution in [2.45, 2.75) is 6.04 Å². The van der Waals surface area contributed by atoms with E-state index in [0.717, 1.165) is 26.3 Å². The molecular formula is C18H24IN5O. The molecule has 0 spiro atoms. The van der Waals surface area contributed by atoms with Gasteiger partial charge in [-0.1, -0.05) is 36.4 Å². The number of hydrogen-bond acceptors (Lipinski definition) is 4.